The third kappa shape index (κ3) is 5.41. The van der Waals surface area contributed by atoms with E-state index in [4.69, 9.17) is 4.74 Å². The maximum Gasteiger partial charge on any atom is 0.264 e. The highest BCUT2D eigenvalue weighted by molar-refractivity contribution is 7.12. The van der Waals surface area contributed by atoms with Crippen LogP contribution in [0.1, 0.15) is 39.3 Å². The van der Waals surface area contributed by atoms with Crippen LogP contribution in [0, 0.1) is 0 Å². The van der Waals surface area contributed by atoms with Crippen LogP contribution < -0.4 is 4.74 Å². The first kappa shape index (κ1) is 20.9. The van der Waals surface area contributed by atoms with Crippen LogP contribution in [0.4, 0.5) is 0 Å². The predicted octanol–water partition coefficient (Wildman–Crippen LogP) is 6.73. The Labute approximate surface area is 187 Å². The van der Waals surface area contributed by atoms with Crippen molar-refractivity contribution in [3.8, 4) is 5.75 Å². The molecule has 0 radical (unpaired) electrons. The molecule has 156 valence electrons. The highest BCUT2D eigenvalue weighted by atomic mass is 32.1. The topological polar surface area (TPSA) is 29.5 Å². The molecule has 3 aromatic carbocycles. The van der Waals surface area contributed by atoms with Gasteiger partial charge in [-0.15, -0.1) is 11.3 Å². The van der Waals surface area contributed by atoms with Crippen LogP contribution in [0.25, 0.3) is 0 Å². The molecule has 0 saturated heterocycles. The molecule has 4 heteroatoms. The van der Waals surface area contributed by atoms with Crippen molar-refractivity contribution in [2.45, 2.75) is 26.1 Å². The van der Waals surface area contributed by atoms with Crippen LogP contribution in [0.5, 0.6) is 5.75 Å². The van der Waals surface area contributed by atoms with Crippen molar-refractivity contribution in [1.29, 1.82) is 0 Å². The van der Waals surface area contributed by atoms with E-state index in [9.17, 15) is 4.79 Å². The van der Waals surface area contributed by atoms with Gasteiger partial charge < -0.3 is 9.64 Å². The van der Waals surface area contributed by atoms with Gasteiger partial charge in [0.15, 0.2) is 0 Å². The highest BCUT2D eigenvalue weighted by Crippen LogP contribution is 2.26. The molecule has 0 spiro atoms. The molecule has 1 amide bonds. The molecule has 0 N–H and O–H groups in total. The van der Waals surface area contributed by atoms with E-state index in [1.165, 1.54) is 11.3 Å². The van der Waals surface area contributed by atoms with E-state index < -0.39 is 0 Å². The van der Waals surface area contributed by atoms with E-state index in [0.29, 0.717) is 13.2 Å². The van der Waals surface area contributed by atoms with Gasteiger partial charge in [0.05, 0.1) is 10.9 Å². The second-order valence-electron chi connectivity index (χ2n) is 7.42. The third-order valence-electron chi connectivity index (χ3n) is 5.27. The van der Waals surface area contributed by atoms with Gasteiger partial charge in [-0.1, -0.05) is 78.9 Å². The van der Waals surface area contributed by atoms with Gasteiger partial charge in [0.25, 0.3) is 5.91 Å². The minimum absolute atomic E-state index is 0.0372. The molecule has 4 rings (SSSR count). The fraction of sp³-hybridized carbons (Fsp3) is 0.148. The number of carbonyl (C=O) groups is 1. The van der Waals surface area contributed by atoms with E-state index in [1.807, 2.05) is 95.2 Å². The molecule has 0 bridgehead atoms. The average Bonchev–Trinajstić information content (AvgIpc) is 3.37. The number of hydrogen-bond acceptors (Lipinski definition) is 3. The van der Waals surface area contributed by atoms with Gasteiger partial charge in [-0.25, -0.2) is 0 Å². The summed E-state index contributed by atoms with van der Waals surface area (Å²) in [4.78, 5) is 15.9. The van der Waals surface area contributed by atoms with Crippen LogP contribution in [0.15, 0.2) is 102 Å². The lowest BCUT2D eigenvalue weighted by Gasteiger charge is -2.29. The summed E-state index contributed by atoms with van der Waals surface area (Å²) in [7, 11) is 0. The lowest BCUT2D eigenvalue weighted by molar-refractivity contribution is 0.0679. The van der Waals surface area contributed by atoms with Crippen molar-refractivity contribution in [1.82, 2.24) is 4.90 Å². The molecule has 0 aliphatic heterocycles. The normalized spacial score (nSPS) is 11.6. The molecule has 31 heavy (non-hydrogen) atoms. The lowest BCUT2D eigenvalue weighted by Crippen LogP contribution is -2.32. The zero-order chi connectivity index (χ0) is 21.5. The van der Waals surface area contributed by atoms with E-state index >= 15 is 0 Å². The molecule has 1 aromatic heterocycles. The Hall–Kier alpha value is -3.37. The summed E-state index contributed by atoms with van der Waals surface area (Å²) in [5.41, 5.74) is 3.32. The van der Waals surface area contributed by atoms with Crippen molar-refractivity contribution < 1.29 is 9.53 Å². The first-order chi connectivity index (χ1) is 15.2. The number of nitrogens with zero attached hydrogens (tertiary/aromatic N) is 1. The summed E-state index contributed by atoms with van der Waals surface area (Å²) in [5, 5.41) is 1.94. The van der Waals surface area contributed by atoms with Crippen molar-refractivity contribution >= 4 is 17.2 Å². The first-order valence-electron chi connectivity index (χ1n) is 10.4. The summed E-state index contributed by atoms with van der Waals surface area (Å²) in [5.74, 6) is 0.871. The summed E-state index contributed by atoms with van der Waals surface area (Å²) < 4.78 is 5.90. The van der Waals surface area contributed by atoms with Gasteiger partial charge in [-0.05, 0) is 47.2 Å². The second kappa shape index (κ2) is 10.1. The minimum atomic E-state index is -0.0372. The Morgan fingerprint density at radius 2 is 1.52 bits per heavy atom. The van der Waals surface area contributed by atoms with Crippen LogP contribution in [-0.4, -0.2) is 10.8 Å². The van der Waals surface area contributed by atoms with Crippen LogP contribution in [0.3, 0.4) is 0 Å². The number of hydrogen-bond donors (Lipinski definition) is 0. The zero-order valence-corrected chi connectivity index (χ0v) is 18.3. The van der Waals surface area contributed by atoms with Crippen molar-refractivity contribution in [3.05, 3.63) is 124 Å². The van der Waals surface area contributed by atoms with Crippen LogP contribution in [-0.2, 0) is 13.2 Å². The summed E-state index contributed by atoms with van der Waals surface area (Å²) >= 11 is 1.48. The number of thiophene rings is 1. The number of carbonyl (C=O) groups excluding carboxylic acids is 1. The van der Waals surface area contributed by atoms with Crippen molar-refractivity contribution in [3.63, 3.8) is 0 Å². The smallest absolute Gasteiger partial charge is 0.264 e. The summed E-state index contributed by atoms with van der Waals surface area (Å²) in [6.45, 7) is 3.15. The monoisotopic (exact) mass is 427 g/mol. The Morgan fingerprint density at radius 3 is 2.16 bits per heavy atom. The Kier molecular flexibility index (Phi) is 6.80. The van der Waals surface area contributed by atoms with E-state index in [2.05, 4.69) is 19.1 Å². The van der Waals surface area contributed by atoms with E-state index in [0.717, 1.165) is 27.3 Å². The van der Waals surface area contributed by atoms with Gasteiger partial charge in [-0.2, -0.15) is 0 Å². The molecular weight excluding hydrogens is 402 g/mol. The van der Waals surface area contributed by atoms with Gasteiger partial charge in [0.2, 0.25) is 0 Å². The molecule has 0 saturated carbocycles. The molecular formula is C27H25NO2S. The van der Waals surface area contributed by atoms with Gasteiger partial charge in [0.1, 0.15) is 12.4 Å². The molecule has 1 atom stereocenters. The van der Waals surface area contributed by atoms with Crippen LogP contribution >= 0.6 is 11.3 Å². The Morgan fingerprint density at radius 1 is 0.839 bits per heavy atom. The number of benzene rings is 3. The zero-order valence-electron chi connectivity index (χ0n) is 17.5. The van der Waals surface area contributed by atoms with Gasteiger partial charge >= 0.3 is 0 Å². The fourth-order valence-electron chi connectivity index (χ4n) is 3.47. The Bertz CT molecular complexity index is 1080. The largest absolute Gasteiger partial charge is 0.489 e. The molecule has 4 aromatic rings. The number of rotatable bonds is 8. The van der Waals surface area contributed by atoms with Gasteiger partial charge in [-0.3, -0.25) is 4.79 Å². The maximum atomic E-state index is 13.3. The minimum Gasteiger partial charge on any atom is -0.489 e. The summed E-state index contributed by atoms with van der Waals surface area (Å²) in [6, 6.07) is 32.1. The number of ether oxygens (including phenoxy) is 1. The van der Waals surface area contributed by atoms with Crippen LogP contribution in [0.2, 0.25) is 0 Å². The number of amides is 1. The summed E-state index contributed by atoms with van der Waals surface area (Å²) in [6.07, 6.45) is 0. The fourth-order valence-corrected chi connectivity index (χ4v) is 4.15. The molecule has 0 aliphatic carbocycles. The SMILES string of the molecule is CC(c1ccccc1)N(Cc1ccc(OCc2ccccc2)cc1)C(=O)c1cccs1. The molecule has 0 aliphatic rings. The van der Waals surface area contributed by atoms with Gasteiger partial charge in [0, 0.05) is 6.54 Å². The second-order valence-corrected chi connectivity index (χ2v) is 8.36. The lowest BCUT2D eigenvalue weighted by atomic mass is 10.1. The van der Waals surface area contributed by atoms with E-state index in [-0.39, 0.29) is 11.9 Å². The average molecular weight is 428 g/mol. The molecule has 1 heterocycles. The van der Waals surface area contributed by atoms with Crippen molar-refractivity contribution in [2.24, 2.45) is 0 Å². The first-order valence-corrected chi connectivity index (χ1v) is 11.2. The molecule has 3 nitrogen and oxygen atoms in total. The molecule has 1 unspecified atom stereocenters. The predicted molar refractivity (Wildman–Crippen MR) is 126 cm³/mol. The Balaban J connectivity index is 1.49. The molecule has 0 fully saturated rings. The quantitative estimate of drug-likeness (QED) is 0.312. The maximum absolute atomic E-state index is 13.3. The van der Waals surface area contributed by atoms with E-state index in [1.54, 1.807) is 0 Å². The third-order valence-corrected chi connectivity index (χ3v) is 6.12. The highest BCUT2D eigenvalue weighted by Gasteiger charge is 2.23. The van der Waals surface area contributed by atoms with Crippen molar-refractivity contribution in [2.75, 3.05) is 0 Å². The standard InChI is InChI=1S/C27H25NO2S/c1-21(24-11-6-3-7-12-24)28(27(29)26-13-8-18-31-26)19-22-14-16-25(17-15-22)30-20-23-9-4-2-5-10-23/h2-18,21H,19-20H2,1H3.